The number of hydrogen-bond donors (Lipinski definition) is 1. The van der Waals surface area contributed by atoms with Gasteiger partial charge in [0.15, 0.2) is 0 Å². The quantitative estimate of drug-likeness (QED) is 0.532. The van der Waals surface area contributed by atoms with E-state index in [1.54, 1.807) is 19.1 Å². The van der Waals surface area contributed by atoms with Gasteiger partial charge in [0.25, 0.3) is 0 Å². The lowest BCUT2D eigenvalue weighted by Gasteiger charge is -2.08. The van der Waals surface area contributed by atoms with Gasteiger partial charge in [-0.25, -0.2) is 9.37 Å². The highest BCUT2D eigenvalue weighted by Gasteiger charge is 2.22. The molecular formula is C12H10ClFN4O2. The molecule has 8 heteroatoms. The Bertz CT molecular complexity index is 693. The van der Waals surface area contributed by atoms with Gasteiger partial charge in [-0.15, -0.1) is 0 Å². The van der Waals surface area contributed by atoms with Crippen molar-refractivity contribution in [2.45, 2.75) is 13.8 Å². The van der Waals surface area contributed by atoms with Crippen LogP contribution < -0.4 is 5.32 Å². The summed E-state index contributed by atoms with van der Waals surface area (Å²) in [6.45, 7) is 3.07. The molecule has 2 aromatic rings. The molecule has 1 heterocycles. The molecule has 0 aliphatic heterocycles. The highest BCUT2D eigenvalue weighted by atomic mass is 35.5. The smallest absolute Gasteiger partial charge is 0.332 e. The third-order valence-corrected chi connectivity index (χ3v) is 2.82. The minimum atomic E-state index is -0.613. The van der Waals surface area contributed by atoms with Crippen molar-refractivity contribution in [1.82, 2.24) is 9.97 Å². The van der Waals surface area contributed by atoms with Crippen LogP contribution in [0.2, 0.25) is 5.28 Å². The van der Waals surface area contributed by atoms with Crippen LogP contribution in [0.1, 0.15) is 11.3 Å². The van der Waals surface area contributed by atoms with E-state index < -0.39 is 10.7 Å². The Morgan fingerprint density at radius 1 is 1.35 bits per heavy atom. The van der Waals surface area contributed by atoms with E-state index in [9.17, 15) is 14.5 Å². The van der Waals surface area contributed by atoms with Crippen molar-refractivity contribution in [3.63, 3.8) is 0 Å². The van der Waals surface area contributed by atoms with Gasteiger partial charge in [0.05, 0.1) is 4.92 Å². The number of anilines is 2. The number of benzene rings is 1. The summed E-state index contributed by atoms with van der Waals surface area (Å²) in [5, 5.41) is 13.6. The minimum absolute atomic E-state index is 0.0734. The van der Waals surface area contributed by atoms with Gasteiger partial charge in [-0.1, -0.05) is 6.07 Å². The molecule has 104 valence electrons. The maximum atomic E-state index is 13.5. The predicted molar refractivity (Wildman–Crippen MR) is 72.9 cm³/mol. The third kappa shape index (κ3) is 2.83. The van der Waals surface area contributed by atoms with Gasteiger partial charge in [-0.3, -0.25) is 10.1 Å². The Labute approximate surface area is 118 Å². The lowest BCUT2D eigenvalue weighted by Crippen LogP contribution is -2.04. The zero-order chi connectivity index (χ0) is 14.9. The maximum absolute atomic E-state index is 13.5. The molecule has 1 aromatic heterocycles. The number of hydrogen-bond acceptors (Lipinski definition) is 5. The lowest BCUT2D eigenvalue weighted by molar-refractivity contribution is -0.385. The van der Waals surface area contributed by atoms with Gasteiger partial charge in [0.1, 0.15) is 11.5 Å². The summed E-state index contributed by atoms with van der Waals surface area (Å²) >= 11 is 5.69. The molecule has 0 aliphatic carbocycles. The van der Waals surface area contributed by atoms with E-state index in [2.05, 4.69) is 15.3 Å². The van der Waals surface area contributed by atoms with E-state index >= 15 is 0 Å². The third-order valence-electron chi connectivity index (χ3n) is 2.65. The molecule has 0 fully saturated rings. The van der Waals surface area contributed by atoms with Crippen LogP contribution in [0.5, 0.6) is 0 Å². The van der Waals surface area contributed by atoms with Crippen molar-refractivity contribution in [3.05, 3.63) is 50.7 Å². The number of nitrogens with one attached hydrogen (secondary N) is 1. The molecule has 0 radical (unpaired) electrons. The van der Waals surface area contributed by atoms with E-state index in [0.717, 1.165) is 0 Å². The van der Waals surface area contributed by atoms with Crippen LogP contribution in [0.15, 0.2) is 18.2 Å². The summed E-state index contributed by atoms with van der Waals surface area (Å²) in [6.07, 6.45) is 0. The monoisotopic (exact) mass is 296 g/mol. The summed E-state index contributed by atoms with van der Waals surface area (Å²) in [7, 11) is 0. The van der Waals surface area contributed by atoms with E-state index in [1.807, 2.05) is 0 Å². The van der Waals surface area contributed by atoms with Crippen molar-refractivity contribution < 1.29 is 9.31 Å². The van der Waals surface area contributed by atoms with Crippen molar-refractivity contribution in [2.24, 2.45) is 0 Å². The first-order valence-corrected chi connectivity index (χ1v) is 5.98. The molecule has 0 spiro atoms. The summed E-state index contributed by atoms with van der Waals surface area (Å²) in [5.74, 6) is -0.495. The first-order valence-electron chi connectivity index (χ1n) is 5.60. The second-order valence-corrected chi connectivity index (χ2v) is 4.46. The number of nitro groups is 1. The Kier molecular flexibility index (Phi) is 3.80. The number of aryl methyl sites for hydroxylation is 2. The molecule has 6 nitrogen and oxygen atoms in total. The number of aromatic nitrogens is 2. The molecule has 0 saturated heterocycles. The predicted octanol–water partition coefficient (Wildman–Crippen LogP) is 3.54. The molecule has 1 aromatic carbocycles. The SMILES string of the molecule is Cc1ccc(Nc2nc(Cl)nc(C)c2[N+](=O)[O-])cc1F. The Hall–Kier alpha value is -2.28. The van der Waals surface area contributed by atoms with Crippen LogP contribution in [0, 0.1) is 29.8 Å². The molecule has 0 atom stereocenters. The Morgan fingerprint density at radius 3 is 2.65 bits per heavy atom. The van der Waals surface area contributed by atoms with E-state index in [4.69, 9.17) is 11.6 Å². The second-order valence-electron chi connectivity index (χ2n) is 4.12. The molecule has 20 heavy (non-hydrogen) atoms. The Balaban J connectivity index is 2.47. The minimum Gasteiger partial charge on any atom is -0.334 e. The zero-order valence-electron chi connectivity index (χ0n) is 10.6. The topological polar surface area (TPSA) is 81.0 Å². The van der Waals surface area contributed by atoms with Gasteiger partial charge >= 0.3 is 5.69 Å². The van der Waals surface area contributed by atoms with Gasteiger partial charge < -0.3 is 5.32 Å². The van der Waals surface area contributed by atoms with Crippen molar-refractivity contribution in [2.75, 3.05) is 5.32 Å². The zero-order valence-corrected chi connectivity index (χ0v) is 11.4. The van der Waals surface area contributed by atoms with Crippen LogP contribution in [0.4, 0.5) is 21.6 Å². The van der Waals surface area contributed by atoms with Gasteiger partial charge in [-0.05, 0) is 43.1 Å². The summed E-state index contributed by atoms with van der Waals surface area (Å²) in [4.78, 5) is 17.9. The van der Waals surface area contributed by atoms with Crippen LogP contribution in [-0.4, -0.2) is 14.9 Å². The van der Waals surface area contributed by atoms with Crippen LogP contribution >= 0.6 is 11.6 Å². The van der Waals surface area contributed by atoms with Gasteiger partial charge in [0, 0.05) is 5.69 Å². The summed E-state index contributed by atoms with van der Waals surface area (Å²) in [5.41, 5.74) is 0.646. The molecule has 0 bridgehead atoms. The van der Waals surface area contributed by atoms with Crippen molar-refractivity contribution >= 4 is 28.8 Å². The highest BCUT2D eigenvalue weighted by molar-refractivity contribution is 6.28. The van der Waals surface area contributed by atoms with Crippen molar-refractivity contribution in [3.8, 4) is 0 Å². The number of nitrogens with zero attached hydrogens (tertiary/aromatic N) is 3. The molecule has 0 aliphatic rings. The first kappa shape index (κ1) is 14.1. The fourth-order valence-electron chi connectivity index (χ4n) is 1.65. The molecule has 2 rings (SSSR count). The highest BCUT2D eigenvalue weighted by Crippen LogP contribution is 2.29. The van der Waals surface area contributed by atoms with Crippen molar-refractivity contribution in [1.29, 1.82) is 0 Å². The fraction of sp³-hybridized carbons (Fsp3) is 0.167. The fourth-order valence-corrected chi connectivity index (χ4v) is 1.86. The largest absolute Gasteiger partial charge is 0.334 e. The molecule has 0 saturated carbocycles. The lowest BCUT2D eigenvalue weighted by atomic mass is 10.2. The average molecular weight is 297 g/mol. The second kappa shape index (κ2) is 5.38. The molecule has 0 amide bonds. The summed E-state index contributed by atoms with van der Waals surface area (Å²) in [6, 6.07) is 4.37. The summed E-state index contributed by atoms with van der Waals surface area (Å²) < 4.78 is 13.5. The molecule has 1 N–H and O–H groups in total. The standard InChI is InChI=1S/C12H10ClFN4O2/c1-6-3-4-8(5-9(6)14)16-11-10(18(19)20)7(2)15-12(13)17-11/h3-5H,1-2H3,(H,15,16,17). The van der Waals surface area contributed by atoms with E-state index in [-0.39, 0.29) is 22.5 Å². The first-order chi connectivity index (χ1) is 9.38. The normalized spacial score (nSPS) is 10.4. The molecular weight excluding hydrogens is 287 g/mol. The van der Waals surface area contributed by atoms with Crippen LogP contribution in [0.25, 0.3) is 0 Å². The van der Waals surface area contributed by atoms with Crippen LogP contribution in [0.3, 0.4) is 0 Å². The average Bonchev–Trinajstić information content (AvgIpc) is 2.32. The van der Waals surface area contributed by atoms with Gasteiger partial charge in [0.2, 0.25) is 11.1 Å². The maximum Gasteiger partial charge on any atom is 0.332 e. The number of halogens is 2. The van der Waals surface area contributed by atoms with Crippen LogP contribution in [-0.2, 0) is 0 Å². The Morgan fingerprint density at radius 2 is 2.05 bits per heavy atom. The van der Waals surface area contributed by atoms with E-state index in [1.165, 1.54) is 13.0 Å². The van der Waals surface area contributed by atoms with E-state index in [0.29, 0.717) is 11.3 Å². The number of rotatable bonds is 3. The molecule has 0 unspecified atom stereocenters. The van der Waals surface area contributed by atoms with Gasteiger partial charge in [-0.2, -0.15) is 4.98 Å².